The number of rotatable bonds is 15. The van der Waals surface area contributed by atoms with Crippen LogP contribution in [0.4, 0.5) is 11.4 Å². The zero-order valence-electron chi connectivity index (χ0n) is 34.2. The van der Waals surface area contributed by atoms with E-state index in [1.165, 1.54) is 16.3 Å². The highest BCUT2D eigenvalue weighted by Gasteiger charge is 2.66. The van der Waals surface area contributed by atoms with E-state index in [2.05, 4.69) is 65.1 Å². The minimum atomic E-state index is -2.53. The van der Waals surface area contributed by atoms with Gasteiger partial charge in [-0.15, -0.1) is 0 Å². The van der Waals surface area contributed by atoms with Crippen molar-refractivity contribution in [1.29, 1.82) is 0 Å². The molecule has 0 saturated carbocycles. The molecule has 9 nitrogen and oxygen atoms in total. The molecule has 3 heterocycles. The van der Waals surface area contributed by atoms with E-state index < -0.39 is 19.8 Å². The van der Waals surface area contributed by atoms with E-state index >= 15 is 4.79 Å². The van der Waals surface area contributed by atoms with Crippen LogP contribution in [0.1, 0.15) is 70.9 Å². The molecule has 298 valence electrons. The number of carbonyl (C=O) groups is 3. The summed E-state index contributed by atoms with van der Waals surface area (Å²) in [5.74, 6) is 0.270. The Labute approximate surface area is 334 Å². The molecule has 0 radical (unpaired) electrons. The van der Waals surface area contributed by atoms with Gasteiger partial charge in [0.1, 0.15) is 5.75 Å². The van der Waals surface area contributed by atoms with Gasteiger partial charge in [-0.05, 0) is 81.5 Å². The van der Waals surface area contributed by atoms with Gasteiger partial charge in [0.25, 0.3) is 5.91 Å². The molecule has 6 rings (SSSR count). The predicted octanol–water partition coefficient (Wildman–Crippen LogP) is 7.49. The molecule has 2 saturated heterocycles. The Balaban J connectivity index is 1.44. The van der Waals surface area contributed by atoms with Gasteiger partial charge in [0.2, 0.25) is 11.8 Å². The number of fused-ring (bicyclic) bond motifs is 2. The first kappa shape index (κ1) is 41.1. The first-order valence-electron chi connectivity index (χ1n) is 20.1. The number of amides is 3. The third-order valence-electron chi connectivity index (χ3n) is 12.2. The van der Waals surface area contributed by atoms with E-state index in [9.17, 15) is 14.7 Å². The number of benzene rings is 3. The lowest BCUT2D eigenvalue weighted by molar-refractivity contribution is -0.149. The molecule has 0 aromatic heterocycles. The Kier molecular flexibility index (Phi) is 12.7. The van der Waals surface area contributed by atoms with Crippen molar-refractivity contribution in [3.8, 4) is 5.75 Å². The smallest absolute Gasteiger partial charge is 0.264 e. The molecule has 3 aromatic rings. The van der Waals surface area contributed by atoms with E-state index in [0.29, 0.717) is 26.1 Å². The number of hydrogen-bond donors (Lipinski definition) is 1. The van der Waals surface area contributed by atoms with Gasteiger partial charge >= 0.3 is 0 Å². The number of carbonyl (C=O) groups excluding carboxylic acids is 3. The molecular weight excluding hydrogens is 719 g/mol. The van der Waals surface area contributed by atoms with Crippen LogP contribution in [-0.2, 0) is 31.3 Å². The summed E-state index contributed by atoms with van der Waals surface area (Å²) in [5.41, 5.74) is 4.25. The summed E-state index contributed by atoms with van der Waals surface area (Å²) in [6, 6.07) is 23.9. The van der Waals surface area contributed by atoms with Gasteiger partial charge in [-0.3, -0.25) is 14.4 Å². The normalized spacial score (nSPS) is 22.2. The van der Waals surface area contributed by atoms with Crippen LogP contribution in [-0.4, -0.2) is 75.3 Å². The summed E-state index contributed by atoms with van der Waals surface area (Å²) >= 11 is 0. The molecule has 0 aliphatic carbocycles. The van der Waals surface area contributed by atoms with Crippen LogP contribution in [0.15, 0.2) is 96.1 Å². The SMILES string of the molecule is COc1ccc([Si](C)(C)[C@@H]2[C@@H](CC(=O)N(CCO)Cc3ccccc3)O[C@]3(C(=O)N(C/C=C(\C)CCC=C(C)C)c4ccc(N5CCCC5=O)cc43)[C@H]2C)cc1. The highest BCUT2D eigenvalue weighted by Crippen LogP contribution is 2.60. The second kappa shape index (κ2) is 17.3. The first-order chi connectivity index (χ1) is 26.8. The van der Waals surface area contributed by atoms with E-state index in [4.69, 9.17) is 9.47 Å². The number of hydrogen-bond acceptors (Lipinski definition) is 6. The summed E-state index contributed by atoms with van der Waals surface area (Å²) in [7, 11) is -0.878. The summed E-state index contributed by atoms with van der Waals surface area (Å²) in [4.78, 5) is 48.2. The van der Waals surface area contributed by atoms with Crippen molar-refractivity contribution < 1.29 is 29.0 Å². The second-order valence-corrected chi connectivity index (χ2v) is 21.2. The quantitative estimate of drug-likeness (QED) is 0.127. The van der Waals surface area contributed by atoms with Crippen LogP contribution >= 0.6 is 0 Å². The monoisotopic (exact) mass is 777 g/mol. The maximum absolute atomic E-state index is 15.4. The molecule has 0 bridgehead atoms. The maximum Gasteiger partial charge on any atom is 0.264 e. The van der Waals surface area contributed by atoms with Gasteiger partial charge in [0.15, 0.2) is 5.60 Å². The van der Waals surface area contributed by atoms with Crippen molar-refractivity contribution in [2.24, 2.45) is 5.92 Å². The number of aliphatic hydroxyl groups excluding tert-OH is 1. The maximum atomic E-state index is 15.4. The lowest BCUT2D eigenvalue weighted by atomic mass is 9.82. The van der Waals surface area contributed by atoms with E-state index in [-0.39, 0.29) is 48.8 Å². The fourth-order valence-corrected chi connectivity index (χ4v) is 13.2. The van der Waals surface area contributed by atoms with Crippen molar-refractivity contribution in [3.05, 3.63) is 107 Å². The highest BCUT2D eigenvalue weighted by molar-refractivity contribution is 6.91. The molecule has 3 aliphatic rings. The van der Waals surface area contributed by atoms with Crippen molar-refractivity contribution in [2.75, 3.05) is 43.2 Å². The molecule has 4 atom stereocenters. The van der Waals surface area contributed by atoms with E-state index in [1.54, 1.807) is 12.0 Å². The van der Waals surface area contributed by atoms with Gasteiger partial charge in [0.05, 0.1) is 40.0 Å². The third-order valence-corrected chi connectivity index (χ3v) is 16.6. The molecule has 2 fully saturated rings. The van der Waals surface area contributed by atoms with Crippen LogP contribution < -0.4 is 19.7 Å². The molecule has 10 heteroatoms. The van der Waals surface area contributed by atoms with Gasteiger partial charge in [-0.25, -0.2) is 0 Å². The average Bonchev–Trinajstić information content (AvgIpc) is 3.81. The molecular formula is C46H59N3O6Si. The summed E-state index contributed by atoms with van der Waals surface area (Å²) in [6.07, 6.45) is 6.97. The van der Waals surface area contributed by atoms with Crippen LogP contribution in [0.5, 0.6) is 5.75 Å². The summed E-state index contributed by atoms with van der Waals surface area (Å²) < 4.78 is 12.8. The average molecular weight is 778 g/mol. The van der Waals surface area contributed by atoms with Gasteiger partial charge in [-0.2, -0.15) is 0 Å². The first-order valence-corrected chi connectivity index (χ1v) is 23.2. The van der Waals surface area contributed by atoms with Gasteiger partial charge < -0.3 is 29.3 Å². The molecule has 56 heavy (non-hydrogen) atoms. The Morgan fingerprint density at radius 2 is 1.77 bits per heavy atom. The third kappa shape index (κ3) is 8.15. The fraction of sp³-hybridized carbons (Fsp3) is 0.457. The van der Waals surface area contributed by atoms with Crippen LogP contribution in [0, 0.1) is 5.92 Å². The van der Waals surface area contributed by atoms with Crippen molar-refractivity contribution in [1.82, 2.24) is 4.90 Å². The van der Waals surface area contributed by atoms with Gasteiger partial charge in [0, 0.05) is 49.8 Å². The minimum Gasteiger partial charge on any atom is -0.497 e. The van der Waals surface area contributed by atoms with Crippen molar-refractivity contribution in [3.63, 3.8) is 0 Å². The standard InChI is InChI=1S/C46H59N3O6Si/c1-32(2)13-11-14-33(3)24-26-49-40-23-18-36(48-25-12-17-42(48)51)29-39(40)46(45(49)53)34(4)44(56(6,7)38-21-19-37(54-5)20-22-38)41(55-46)30-43(52)47(27-28-50)31-35-15-9-8-10-16-35/h8-10,13,15-16,18-24,29,34,41,44,50H,11-12,14,17,25-28,30-31H2,1-7H3/b33-24+/t34-,41+,44-,46+/m0/s1. The summed E-state index contributed by atoms with van der Waals surface area (Å²) in [6.45, 7) is 14.5. The number of allylic oxidation sites excluding steroid dienone is 3. The lowest BCUT2D eigenvalue weighted by Crippen LogP contribution is -2.52. The predicted molar refractivity (Wildman–Crippen MR) is 226 cm³/mol. The Hall–Kier alpha value is -4.51. The number of anilines is 2. The van der Waals surface area contributed by atoms with Gasteiger partial charge in [-0.1, -0.05) is 91.0 Å². The van der Waals surface area contributed by atoms with Crippen molar-refractivity contribution in [2.45, 2.75) is 96.7 Å². The number of methoxy groups -OCH3 is 1. The molecule has 3 aliphatic heterocycles. The topological polar surface area (TPSA) is 99.6 Å². The zero-order chi connectivity index (χ0) is 40.2. The lowest BCUT2D eigenvalue weighted by Gasteiger charge is -2.37. The fourth-order valence-electron chi connectivity index (χ4n) is 9.23. The van der Waals surface area contributed by atoms with Crippen LogP contribution in [0.2, 0.25) is 18.6 Å². The largest absolute Gasteiger partial charge is 0.497 e. The molecule has 3 amide bonds. The minimum absolute atomic E-state index is 0.0620. The Morgan fingerprint density at radius 3 is 2.41 bits per heavy atom. The number of aliphatic hydroxyl groups is 1. The molecule has 1 spiro atoms. The zero-order valence-corrected chi connectivity index (χ0v) is 35.2. The Morgan fingerprint density at radius 1 is 1.04 bits per heavy atom. The van der Waals surface area contributed by atoms with Crippen LogP contribution in [0.3, 0.4) is 0 Å². The Bertz CT molecular complexity index is 1960. The second-order valence-electron chi connectivity index (χ2n) is 16.5. The number of nitrogens with zero attached hydrogens (tertiary/aromatic N) is 3. The van der Waals surface area contributed by atoms with Crippen LogP contribution in [0.25, 0.3) is 0 Å². The van der Waals surface area contributed by atoms with E-state index in [0.717, 1.165) is 47.5 Å². The van der Waals surface area contributed by atoms with Crippen molar-refractivity contribution >= 4 is 42.4 Å². The molecule has 0 unspecified atom stereocenters. The number of ether oxygens (including phenoxy) is 2. The highest BCUT2D eigenvalue weighted by atomic mass is 28.3. The summed E-state index contributed by atoms with van der Waals surface area (Å²) in [5, 5.41) is 11.2. The van der Waals surface area contributed by atoms with E-state index in [1.807, 2.05) is 70.5 Å². The molecule has 1 N–H and O–H groups in total. The molecule has 3 aromatic carbocycles.